The molecular formula is C14H20N4O2. The van der Waals surface area contributed by atoms with Crippen molar-refractivity contribution in [1.82, 2.24) is 19.9 Å². The number of benzene rings is 1. The molecule has 2 rings (SSSR count). The lowest BCUT2D eigenvalue weighted by atomic mass is 10.1. The van der Waals surface area contributed by atoms with Crippen molar-refractivity contribution in [3.05, 3.63) is 41.7 Å². The van der Waals surface area contributed by atoms with Gasteiger partial charge in [0.15, 0.2) is 0 Å². The Morgan fingerprint density at radius 3 is 2.50 bits per heavy atom. The average Bonchev–Trinajstić information content (AvgIpc) is 2.90. The first-order valence-corrected chi connectivity index (χ1v) is 6.57. The van der Waals surface area contributed by atoms with Crippen LogP contribution < -0.4 is 0 Å². The Labute approximate surface area is 118 Å². The molecule has 108 valence electrons. The Morgan fingerprint density at radius 1 is 1.25 bits per heavy atom. The fraction of sp³-hybridized carbons (Fsp3) is 0.429. The first-order valence-electron chi connectivity index (χ1n) is 6.57. The molecule has 0 saturated carbocycles. The summed E-state index contributed by atoms with van der Waals surface area (Å²) in [6, 6.07) is 5.87. The lowest BCUT2D eigenvalue weighted by Crippen LogP contribution is -2.39. The summed E-state index contributed by atoms with van der Waals surface area (Å²) in [5.41, 5.74) is 3.01. The second kappa shape index (κ2) is 6.13. The highest BCUT2D eigenvalue weighted by molar-refractivity contribution is 5.44. The highest BCUT2D eigenvalue weighted by Gasteiger charge is 2.18. The Kier molecular flexibility index (Phi) is 4.49. The van der Waals surface area contributed by atoms with Gasteiger partial charge in [0, 0.05) is 6.54 Å². The Hall–Kier alpha value is -1.76. The molecule has 0 fully saturated rings. The summed E-state index contributed by atoms with van der Waals surface area (Å²) in [4.78, 5) is 1.60. The van der Waals surface area contributed by atoms with Crippen molar-refractivity contribution in [2.24, 2.45) is 0 Å². The van der Waals surface area contributed by atoms with Crippen LogP contribution in [-0.4, -0.2) is 42.6 Å². The van der Waals surface area contributed by atoms with Gasteiger partial charge in [0.25, 0.3) is 0 Å². The molecule has 0 aliphatic heterocycles. The van der Waals surface area contributed by atoms with Crippen LogP contribution in [0.25, 0.3) is 5.69 Å². The molecule has 1 heterocycles. The summed E-state index contributed by atoms with van der Waals surface area (Å²) in [6.07, 6.45) is 1.98. The minimum absolute atomic E-state index is 0.462. The van der Waals surface area contributed by atoms with Gasteiger partial charge in [0.2, 0.25) is 0 Å². The predicted molar refractivity (Wildman–Crippen MR) is 75.0 cm³/mol. The first-order chi connectivity index (χ1) is 9.50. The van der Waals surface area contributed by atoms with Crippen molar-refractivity contribution < 1.29 is 10.2 Å². The molecule has 6 nitrogen and oxygen atoms in total. The molecule has 1 aromatic carbocycles. The SMILES string of the molecule is Cc1c(CN(C(C)O)C(C)O)cccc1-n1ccnn1. The van der Waals surface area contributed by atoms with E-state index in [1.807, 2.05) is 25.1 Å². The first kappa shape index (κ1) is 14.6. The van der Waals surface area contributed by atoms with Gasteiger partial charge in [0.05, 0.1) is 18.1 Å². The molecule has 0 saturated heterocycles. The van der Waals surface area contributed by atoms with E-state index in [-0.39, 0.29) is 0 Å². The average molecular weight is 276 g/mol. The minimum atomic E-state index is -0.718. The smallest absolute Gasteiger partial charge is 0.106 e. The molecule has 2 aromatic rings. The Bertz CT molecular complexity index is 544. The van der Waals surface area contributed by atoms with Gasteiger partial charge in [-0.25, -0.2) is 9.58 Å². The van der Waals surface area contributed by atoms with Crippen LogP contribution in [0.5, 0.6) is 0 Å². The molecule has 0 spiro atoms. The van der Waals surface area contributed by atoms with Gasteiger partial charge >= 0.3 is 0 Å². The normalized spacial score (nSPS) is 14.5. The fourth-order valence-corrected chi connectivity index (χ4v) is 2.20. The molecule has 0 amide bonds. The third kappa shape index (κ3) is 3.04. The van der Waals surface area contributed by atoms with Gasteiger partial charge in [-0.3, -0.25) is 0 Å². The summed E-state index contributed by atoms with van der Waals surface area (Å²) >= 11 is 0. The van der Waals surface area contributed by atoms with Crippen molar-refractivity contribution in [3.8, 4) is 5.69 Å². The molecule has 6 heteroatoms. The van der Waals surface area contributed by atoms with Gasteiger partial charge in [-0.2, -0.15) is 0 Å². The highest BCUT2D eigenvalue weighted by Crippen LogP contribution is 2.20. The second-order valence-electron chi connectivity index (χ2n) is 4.84. The maximum atomic E-state index is 9.73. The summed E-state index contributed by atoms with van der Waals surface area (Å²) in [7, 11) is 0. The highest BCUT2D eigenvalue weighted by atomic mass is 16.3. The van der Waals surface area contributed by atoms with Crippen LogP contribution in [0.1, 0.15) is 25.0 Å². The van der Waals surface area contributed by atoms with Gasteiger partial charge in [-0.15, -0.1) is 5.10 Å². The van der Waals surface area contributed by atoms with E-state index >= 15 is 0 Å². The number of rotatable bonds is 5. The lowest BCUT2D eigenvalue weighted by Gasteiger charge is -2.29. The second-order valence-corrected chi connectivity index (χ2v) is 4.84. The topological polar surface area (TPSA) is 74.4 Å². The molecule has 0 aliphatic rings. The number of hydrogen-bond acceptors (Lipinski definition) is 5. The van der Waals surface area contributed by atoms with E-state index in [0.29, 0.717) is 6.54 Å². The van der Waals surface area contributed by atoms with Crippen molar-refractivity contribution >= 4 is 0 Å². The van der Waals surface area contributed by atoms with Crippen molar-refractivity contribution in [1.29, 1.82) is 0 Å². The Morgan fingerprint density at radius 2 is 1.95 bits per heavy atom. The molecule has 2 atom stereocenters. The van der Waals surface area contributed by atoms with Gasteiger partial charge in [0.1, 0.15) is 12.5 Å². The largest absolute Gasteiger partial charge is 0.379 e. The molecule has 0 radical (unpaired) electrons. The number of aliphatic hydroxyl groups is 2. The van der Waals surface area contributed by atoms with Gasteiger partial charge in [-0.05, 0) is 38.0 Å². The summed E-state index contributed by atoms with van der Waals surface area (Å²) < 4.78 is 1.70. The fourth-order valence-electron chi connectivity index (χ4n) is 2.20. The number of aromatic nitrogens is 3. The van der Waals surface area contributed by atoms with Gasteiger partial charge < -0.3 is 10.2 Å². The summed E-state index contributed by atoms with van der Waals surface area (Å²) in [5.74, 6) is 0. The molecule has 2 unspecified atom stereocenters. The third-order valence-electron chi connectivity index (χ3n) is 3.40. The van der Waals surface area contributed by atoms with Crippen LogP contribution in [0.15, 0.2) is 30.6 Å². The van der Waals surface area contributed by atoms with E-state index in [1.165, 1.54) is 0 Å². The maximum absolute atomic E-state index is 9.73. The number of hydrogen-bond donors (Lipinski definition) is 2. The predicted octanol–water partition coefficient (Wildman–Crippen LogP) is 1.05. The third-order valence-corrected chi connectivity index (χ3v) is 3.40. The van der Waals surface area contributed by atoms with Crippen molar-refractivity contribution in [2.45, 2.75) is 39.8 Å². The molecule has 1 aromatic heterocycles. The van der Waals surface area contributed by atoms with E-state index in [2.05, 4.69) is 10.3 Å². The van der Waals surface area contributed by atoms with Crippen LogP contribution >= 0.6 is 0 Å². The van der Waals surface area contributed by atoms with E-state index in [0.717, 1.165) is 16.8 Å². The quantitative estimate of drug-likeness (QED) is 0.799. The monoisotopic (exact) mass is 276 g/mol. The lowest BCUT2D eigenvalue weighted by molar-refractivity contribution is -0.0898. The standard InChI is InChI=1S/C14H20N4O2/c1-10-13(9-17(11(2)19)12(3)20)5-4-6-14(10)18-8-7-15-16-18/h4-8,11-12,19-20H,9H2,1-3H3. The van der Waals surface area contributed by atoms with Crippen molar-refractivity contribution in [3.63, 3.8) is 0 Å². The number of nitrogens with zero attached hydrogens (tertiary/aromatic N) is 4. The zero-order valence-electron chi connectivity index (χ0n) is 11.9. The van der Waals surface area contributed by atoms with Crippen LogP contribution in [0, 0.1) is 6.92 Å². The van der Waals surface area contributed by atoms with Gasteiger partial charge in [-0.1, -0.05) is 17.3 Å². The molecule has 0 bridgehead atoms. The molecule has 2 N–H and O–H groups in total. The molecule has 20 heavy (non-hydrogen) atoms. The van der Waals surface area contributed by atoms with E-state index in [1.54, 1.807) is 35.8 Å². The number of aliphatic hydroxyl groups excluding tert-OH is 2. The molecule has 0 aliphatic carbocycles. The van der Waals surface area contributed by atoms with Crippen LogP contribution in [0.2, 0.25) is 0 Å². The zero-order chi connectivity index (χ0) is 14.7. The summed E-state index contributed by atoms with van der Waals surface area (Å²) in [6.45, 7) is 5.74. The minimum Gasteiger partial charge on any atom is -0.379 e. The van der Waals surface area contributed by atoms with E-state index in [9.17, 15) is 10.2 Å². The van der Waals surface area contributed by atoms with Crippen molar-refractivity contribution in [2.75, 3.05) is 0 Å². The maximum Gasteiger partial charge on any atom is 0.106 e. The Balaban J connectivity index is 2.32. The summed E-state index contributed by atoms with van der Waals surface area (Å²) in [5, 5.41) is 27.3. The van der Waals surface area contributed by atoms with Crippen LogP contribution in [-0.2, 0) is 6.54 Å². The van der Waals surface area contributed by atoms with Crippen LogP contribution in [0.3, 0.4) is 0 Å². The molecular weight excluding hydrogens is 256 g/mol. The van der Waals surface area contributed by atoms with E-state index < -0.39 is 12.5 Å². The zero-order valence-corrected chi connectivity index (χ0v) is 11.9. The van der Waals surface area contributed by atoms with E-state index in [4.69, 9.17) is 0 Å². The van der Waals surface area contributed by atoms with Crippen LogP contribution in [0.4, 0.5) is 0 Å².